The molecule has 0 unspecified atom stereocenters. The Morgan fingerprint density at radius 1 is 0.967 bits per heavy atom. The van der Waals surface area contributed by atoms with Gasteiger partial charge in [0.15, 0.2) is 0 Å². The van der Waals surface area contributed by atoms with Crippen LogP contribution in [0.2, 0.25) is 0 Å². The number of aromatic hydroxyl groups is 1. The molecule has 4 rings (SSSR count). The summed E-state index contributed by atoms with van der Waals surface area (Å²) in [5.74, 6) is 7.01. The molecule has 0 bridgehead atoms. The Kier molecular flexibility index (Phi) is 5.60. The Labute approximate surface area is 178 Å². The number of ether oxygens (including phenoxy) is 2. The van der Waals surface area contributed by atoms with Gasteiger partial charge in [-0.1, -0.05) is 24.8 Å². The Hall–Kier alpha value is -3.49. The third-order valence-corrected chi connectivity index (χ3v) is 5.86. The number of fused-ring (bicyclic) bond motifs is 3. The Morgan fingerprint density at radius 2 is 1.63 bits per heavy atom. The van der Waals surface area contributed by atoms with E-state index in [0.29, 0.717) is 11.5 Å². The number of hydrogen-bond donors (Lipinski definition) is 1. The van der Waals surface area contributed by atoms with Gasteiger partial charge in [0, 0.05) is 38.2 Å². The molecule has 5 heteroatoms. The van der Waals surface area contributed by atoms with Crippen LogP contribution >= 0.6 is 11.3 Å². The van der Waals surface area contributed by atoms with E-state index in [4.69, 9.17) is 9.47 Å². The normalized spacial score (nSPS) is 10.6. The summed E-state index contributed by atoms with van der Waals surface area (Å²) in [7, 11) is 0. The molecule has 3 aromatic carbocycles. The lowest BCUT2D eigenvalue weighted by atomic mass is 10.1. The van der Waals surface area contributed by atoms with Gasteiger partial charge in [-0.3, -0.25) is 4.79 Å². The molecule has 4 aromatic rings. The van der Waals surface area contributed by atoms with Crippen molar-refractivity contribution in [3.63, 3.8) is 0 Å². The van der Waals surface area contributed by atoms with E-state index in [-0.39, 0.29) is 12.8 Å². The highest BCUT2D eigenvalue weighted by Gasteiger charge is 2.07. The van der Waals surface area contributed by atoms with Crippen LogP contribution in [0.25, 0.3) is 20.2 Å². The molecule has 0 aliphatic carbocycles. The van der Waals surface area contributed by atoms with Crippen molar-refractivity contribution >= 4 is 37.5 Å². The maximum Gasteiger partial charge on any atom is 0.305 e. The summed E-state index contributed by atoms with van der Waals surface area (Å²) in [5.41, 5.74) is 2.72. The molecule has 0 saturated heterocycles. The first-order valence-electron chi connectivity index (χ1n) is 9.60. The van der Waals surface area contributed by atoms with Crippen molar-refractivity contribution < 1.29 is 19.4 Å². The largest absolute Gasteiger partial charge is 0.508 e. The number of benzene rings is 3. The molecular formula is C25H20O4S. The highest BCUT2D eigenvalue weighted by atomic mass is 32.1. The van der Waals surface area contributed by atoms with Gasteiger partial charge in [-0.05, 0) is 60.5 Å². The average Bonchev–Trinajstić information content (AvgIpc) is 3.09. The summed E-state index contributed by atoms with van der Waals surface area (Å²) in [6, 6.07) is 17.5. The second-order valence-electron chi connectivity index (χ2n) is 6.82. The van der Waals surface area contributed by atoms with Gasteiger partial charge in [-0.25, -0.2) is 0 Å². The molecule has 0 amide bonds. The van der Waals surface area contributed by atoms with Crippen molar-refractivity contribution in [2.75, 3.05) is 6.79 Å². The number of carbonyl (C=O) groups is 1. The molecule has 150 valence electrons. The lowest BCUT2D eigenvalue weighted by Crippen LogP contribution is -2.06. The molecule has 0 spiro atoms. The third-order valence-electron chi connectivity index (χ3n) is 4.74. The van der Waals surface area contributed by atoms with Gasteiger partial charge in [0.05, 0.1) is 0 Å². The van der Waals surface area contributed by atoms with Gasteiger partial charge in [-0.2, -0.15) is 0 Å². The van der Waals surface area contributed by atoms with E-state index in [1.54, 1.807) is 17.4 Å². The SMILES string of the molecule is CCc1cc(C#Cc2ccc3c(c2)sc2cc(OCOC(C)=O)ccc23)ccc1O. The van der Waals surface area contributed by atoms with E-state index in [0.717, 1.165) is 37.9 Å². The van der Waals surface area contributed by atoms with Crippen molar-refractivity contribution in [2.45, 2.75) is 20.3 Å². The highest BCUT2D eigenvalue weighted by Crippen LogP contribution is 2.36. The number of hydrogen-bond acceptors (Lipinski definition) is 5. The Balaban J connectivity index is 1.61. The first kappa shape index (κ1) is 19.8. The van der Waals surface area contributed by atoms with Crippen molar-refractivity contribution in [1.29, 1.82) is 0 Å². The van der Waals surface area contributed by atoms with E-state index in [2.05, 4.69) is 24.0 Å². The highest BCUT2D eigenvalue weighted by molar-refractivity contribution is 7.25. The number of thiophene rings is 1. The molecule has 1 aromatic heterocycles. The summed E-state index contributed by atoms with van der Waals surface area (Å²) >= 11 is 1.67. The van der Waals surface area contributed by atoms with E-state index in [1.165, 1.54) is 12.3 Å². The first-order valence-corrected chi connectivity index (χ1v) is 10.4. The van der Waals surface area contributed by atoms with Gasteiger partial charge in [-0.15, -0.1) is 11.3 Å². The van der Waals surface area contributed by atoms with Gasteiger partial charge in [0.2, 0.25) is 6.79 Å². The van der Waals surface area contributed by atoms with Crippen LogP contribution < -0.4 is 4.74 Å². The molecule has 4 nitrogen and oxygen atoms in total. The molecule has 1 heterocycles. The first-order chi connectivity index (χ1) is 14.5. The minimum Gasteiger partial charge on any atom is -0.508 e. The van der Waals surface area contributed by atoms with Crippen LogP contribution in [-0.4, -0.2) is 17.9 Å². The van der Waals surface area contributed by atoms with Crippen LogP contribution in [0.5, 0.6) is 11.5 Å². The zero-order valence-electron chi connectivity index (χ0n) is 16.7. The van der Waals surface area contributed by atoms with Crippen LogP contribution in [0.3, 0.4) is 0 Å². The summed E-state index contributed by atoms with van der Waals surface area (Å²) in [6.45, 7) is 3.26. The number of rotatable bonds is 4. The van der Waals surface area contributed by atoms with E-state index in [9.17, 15) is 9.90 Å². The smallest absolute Gasteiger partial charge is 0.305 e. The standard InChI is InChI=1S/C25H20O4S/c1-3-19-12-17(7-11-23(19)27)4-5-18-6-9-21-22-10-8-20(29-15-28-16(2)26)14-25(22)30-24(21)13-18/h6-14,27H,3,15H2,1-2H3. The summed E-state index contributed by atoms with van der Waals surface area (Å²) in [4.78, 5) is 10.9. The van der Waals surface area contributed by atoms with Gasteiger partial charge < -0.3 is 14.6 Å². The second kappa shape index (κ2) is 8.48. The molecule has 30 heavy (non-hydrogen) atoms. The summed E-state index contributed by atoms with van der Waals surface area (Å²) < 4.78 is 12.6. The van der Waals surface area contributed by atoms with Crippen molar-refractivity contribution in [3.05, 3.63) is 71.3 Å². The predicted molar refractivity (Wildman–Crippen MR) is 120 cm³/mol. The lowest BCUT2D eigenvalue weighted by molar-refractivity contribution is -0.147. The predicted octanol–water partition coefficient (Wildman–Crippen LogP) is 5.62. The van der Waals surface area contributed by atoms with Crippen LogP contribution in [0.4, 0.5) is 0 Å². The summed E-state index contributed by atoms with van der Waals surface area (Å²) in [5, 5.41) is 12.1. The maximum absolute atomic E-state index is 10.9. The van der Waals surface area contributed by atoms with E-state index >= 15 is 0 Å². The molecule has 0 atom stereocenters. The monoisotopic (exact) mass is 416 g/mol. The Morgan fingerprint density at radius 3 is 2.37 bits per heavy atom. The molecule has 0 saturated carbocycles. The molecule has 0 radical (unpaired) electrons. The topological polar surface area (TPSA) is 55.8 Å². The van der Waals surface area contributed by atoms with Gasteiger partial charge in [0.25, 0.3) is 0 Å². The lowest BCUT2D eigenvalue weighted by Gasteiger charge is -2.05. The number of carbonyl (C=O) groups excluding carboxylic acids is 1. The van der Waals surface area contributed by atoms with Crippen LogP contribution in [0, 0.1) is 11.8 Å². The van der Waals surface area contributed by atoms with Crippen molar-refractivity contribution in [2.24, 2.45) is 0 Å². The fourth-order valence-corrected chi connectivity index (χ4v) is 4.37. The fraction of sp³-hybridized carbons (Fsp3) is 0.160. The molecular weight excluding hydrogens is 396 g/mol. The minimum absolute atomic E-state index is 0.0948. The molecule has 0 aliphatic heterocycles. The third kappa shape index (κ3) is 4.24. The van der Waals surface area contributed by atoms with Gasteiger partial charge >= 0.3 is 5.97 Å². The zero-order chi connectivity index (χ0) is 21.1. The molecule has 0 fully saturated rings. The van der Waals surface area contributed by atoms with Crippen LogP contribution in [0.1, 0.15) is 30.5 Å². The van der Waals surface area contributed by atoms with Crippen molar-refractivity contribution in [3.8, 4) is 23.3 Å². The second-order valence-corrected chi connectivity index (χ2v) is 7.90. The van der Waals surface area contributed by atoms with Gasteiger partial charge in [0.1, 0.15) is 11.5 Å². The number of phenolic OH excluding ortho intramolecular Hbond substituents is 1. The van der Waals surface area contributed by atoms with Crippen LogP contribution in [-0.2, 0) is 16.0 Å². The number of phenols is 1. The average molecular weight is 416 g/mol. The summed E-state index contributed by atoms with van der Waals surface area (Å²) in [6.07, 6.45) is 0.766. The van der Waals surface area contributed by atoms with Crippen LogP contribution in [0.15, 0.2) is 54.6 Å². The Bertz CT molecular complexity index is 1310. The van der Waals surface area contributed by atoms with E-state index < -0.39 is 0 Å². The quantitative estimate of drug-likeness (QED) is 0.266. The van der Waals surface area contributed by atoms with Crippen molar-refractivity contribution in [1.82, 2.24) is 0 Å². The number of aryl methyl sites for hydroxylation is 1. The maximum atomic E-state index is 10.9. The van der Waals surface area contributed by atoms with E-state index in [1.807, 2.05) is 43.3 Å². The molecule has 1 N–H and O–H groups in total. The fourth-order valence-electron chi connectivity index (χ4n) is 3.20. The molecule has 0 aliphatic rings. The zero-order valence-corrected chi connectivity index (χ0v) is 17.5. The number of esters is 1. The minimum atomic E-state index is -0.371.